The van der Waals surface area contributed by atoms with Crippen LogP contribution in [0.2, 0.25) is 5.02 Å². The Morgan fingerprint density at radius 3 is 2.27 bits per heavy atom. The lowest BCUT2D eigenvalue weighted by molar-refractivity contribution is -0.139. The number of carboxylic acid groups (broad SMARTS) is 1. The average Bonchev–Trinajstić information content (AvgIpc) is 3.43. The van der Waals surface area contributed by atoms with Crippen molar-refractivity contribution < 1.29 is 19.4 Å². The Hall–Kier alpha value is -2.53. The predicted octanol–water partition coefficient (Wildman–Crippen LogP) is 3.49. The van der Waals surface area contributed by atoms with Crippen LogP contribution in [0, 0.1) is 0 Å². The van der Waals surface area contributed by atoms with Crippen LogP contribution in [0.4, 0.5) is 0 Å². The molecule has 2 aromatic rings. The topological polar surface area (TPSA) is 66.8 Å². The zero-order valence-electron chi connectivity index (χ0n) is 14.4. The smallest absolute Gasteiger partial charge is 0.341 e. The van der Waals surface area contributed by atoms with Gasteiger partial charge in [-0.2, -0.15) is 0 Å². The molecule has 5 nitrogen and oxygen atoms in total. The largest absolute Gasteiger partial charge is 0.482 e. The fourth-order valence-corrected chi connectivity index (χ4v) is 3.19. The molecule has 0 aromatic heterocycles. The van der Waals surface area contributed by atoms with E-state index in [0.717, 1.165) is 24.0 Å². The van der Waals surface area contributed by atoms with Crippen molar-refractivity contribution in [3.8, 4) is 5.75 Å². The Bertz CT molecular complexity index is 798. The molecule has 0 saturated heterocycles. The van der Waals surface area contributed by atoms with Gasteiger partial charge < -0.3 is 14.7 Å². The Balaban J connectivity index is 1.64. The van der Waals surface area contributed by atoms with Gasteiger partial charge in [0.05, 0.1) is 5.41 Å². The highest BCUT2D eigenvalue weighted by Crippen LogP contribution is 2.49. The molecule has 26 heavy (non-hydrogen) atoms. The fourth-order valence-electron chi connectivity index (χ4n) is 3.07. The van der Waals surface area contributed by atoms with Gasteiger partial charge in [-0.15, -0.1) is 0 Å². The second-order valence-corrected chi connectivity index (χ2v) is 7.01. The number of aliphatic carboxylic acids is 1. The van der Waals surface area contributed by atoms with Crippen LogP contribution in [0.3, 0.4) is 0 Å². The molecule has 1 aliphatic carbocycles. The van der Waals surface area contributed by atoms with Crippen molar-refractivity contribution >= 4 is 23.5 Å². The number of nitrogens with zero attached hydrogens (tertiary/aromatic N) is 1. The summed E-state index contributed by atoms with van der Waals surface area (Å²) in [5.41, 5.74) is 1.54. The van der Waals surface area contributed by atoms with Crippen molar-refractivity contribution in [2.45, 2.75) is 24.8 Å². The van der Waals surface area contributed by atoms with Crippen LogP contribution < -0.4 is 4.74 Å². The Morgan fingerprint density at radius 2 is 1.73 bits per heavy atom. The van der Waals surface area contributed by atoms with Crippen LogP contribution in [0.25, 0.3) is 0 Å². The summed E-state index contributed by atoms with van der Waals surface area (Å²) < 4.78 is 5.12. The van der Waals surface area contributed by atoms with E-state index in [1.165, 1.54) is 0 Å². The van der Waals surface area contributed by atoms with Crippen LogP contribution in [0.15, 0.2) is 48.5 Å². The van der Waals surface area contributed by atoms with Gasteiger partial charge in [0, 0.05) is 18.6 Å². The van der Waals surface area contributed by atoms with Crippen LogP contribution in [0.1, 0.15) is 24.0 Å². The van der Waals surface area contributed by atoms with E-state index in [9.17, 15) is 9.59 Å². The highest BCUT2D eigenvalue weighted by Gasteiger charge is 2.52. The minimum absolute atomic E-state index is 0.103. The molecule has 6 heteroatoms. The summed E-state index contributed by atoms with van der Waals surface area (Å²) in [7, 11) is 1.80. The summed E-state index contributed by atoms with van der Waals surface area (Å²) in [5.74, 6) is -0.424. The normalized spacial score (nSPS) is 14.5. The second-order valence-electron chi connectivity index (χ2n) is 6.58. The van der Waals surface area contributed by atoms with Gasteiger partial charge in [-0.3, -0.25) is 4.79 Å². The van der Waals surface area contributed by atoms with Gasteiger partial charge in [0.25, 0.3) is 0 Å². The van der Waals surface area contributed by atoms with Crippen molar-refractivity contribution in [2.24, 2.45) is 0 Å². The molecule has 0 bridgehead atoms. The maximum atomic E-state index is 13.0. The van der Waals surface area contributed by atoms with E-state index in [1.807, 2.05) is 36.4 Å². The summed E-state index contributed by atoms with van der Waals surface area (Å²) in [6.07, 6.45) is 1.69. The van der Waals surface area contributed by atoms with Crippen molar-refractivity contribution in [1.29, 1.82) is 0 Å². The van der Waals surface area contributed by atoms with Gasteiger partial charge in [0.15, 0.2) is 6.61 Å². The van der Waals surface area contributed by atoms with Crippen molar-refractivity contribution in [3.63, 3.8) is 0 Å². The molecule has 0 heterocycles. The minimum Gasteiger partial charge on any atom is -0.482 e. The zero-order valence-corrected chi connectivity index (χ0v) is 15.2. The van der Waals surface area contributed by atoms with Crippen molar-refractivity contribution in [2.75, 3.05) is 13.7 Å². The van der Waals surface area contributed by atoms with E-state index in [0.29, 0.717) is 17.3 Å². The van der Waals surface area contributed by atoms with Crippen molar-refractivity contribution in [1.82, 2.24) is 4.90 Å². The highest BCUT2D eigenvalue weighted by atomic mass is 35.5. The third kappa shape index (κ3) is 3.99. The molecule has 0 atom stereocenters. The Morgan fingerprint density at radius 1 is 1.12 bits per heavy atom. The number of rotatable bonds is 7. The number of carbonyl (C=O) groups is 2. The first-order chi connectivity index (χ1) is 12.4. The molecule has 0 aliphatic heterocycles. The van der Waals surface area contributed by atoms with Gasteiger partial charge >= 0.3 is 5.97 Å². The van der Waals surface area contributed by atoms with Crippen LogP contribution in [-0.4, -0.2) is 35.5 Å². The maximum Gasteiger partial charge on any atom is 0.341 e. The lowest BCUT2D eigenvalue weighted by Crippen LogP contribution is -2.36. The van der Waals surface area contributed by atoms with Gasteiger partial charge in [-0.05, 0) is 48.2 Å². The van der Waals surface area contributed by atoms with Crippen molar-refractivity contribution in [3.05, 3.63) is 64.7 Å². The lowest BCUT2D eigenvalue weighted by atomic mass is 9.94. The third-order valence-electron chi connectivity index (χ3n) is 4.61. The highest BCUT2D eigenvalue weighted by molar-refractivity contribution is 6.30. The van der Waals surface area contributed by atoms with E-state index >= 15 is 0 Å². The first kappa shape index (κ1) is 18.3. The SMILES string of the molecule is CN(Cc1ccc(OCC(=O)O)cc1)C(=O)C1(c2ccc(Cl)cc2)CC1. The third-order valence-corrected chi connectivity index (χ3v) is 4.86. The number of ether oxygens (including phenoxy) is 1. The molecule has 1 saturated carbocycles. The Kier molecular flexibility index (Phi) is 5.18. The van der Waals surface area contributed by atoms with E-state index in [1.54, 1.807) is 24.1 Å². The first-order valence-corrected chi connectivity index (χ1v) is 8.74. The molecule has 0 radical (unpaired) electrons. The number of hydrogen-bond acceptors (Lipinski definition) is 3. The van der Waals surface area contributed by atoms with Crippen LogP contribution in [0.5, 0.6) is 5.75 Å². The second kappa shape index (κ2) is 7.38. The standard InChI is InChI=1S/C20H20ClNO4/c1-22(12-14-2-8-17(9-3-14)26-13-18(23)24)19(25)20(10-11-20)15-4-6-16(21)7-5-15/h2-9H,10-13H2,1H3,(H,23,24). The zero-order chi connectivity index (χ0) is 18.7. The average molecular weight is 374 g/mol. The van der Waals surface area contributed by atoms with Crippen LogP contribution >= 0.6 is 11.6 Å². The maximum absolute atomic E-state index is 13.0. The van der Waals surface area contributed by atoms with Gasteiger partial charge in [0.2, 0.25) is 5.91 Å². The first-order valence-electron chi connectivity index (χ1n) is 8.36. The van der Waals surface area contributed by atoms with E-state index < -0.39 is 11.4 Å². The van der Waals surface area contributed by atoms with Gasteiger partial charge in [0.1, 0.15) is 5.75 Å². The molecule has 0 unspecified atom stereocenters. The number of amides is 1. The number of hydrogen-bond donors (Lipinski definition) is 1. The Labute approximate surface area is 157 Å². The molecule has 0 spiro atoms. The van der Waals surface area contributed by atoms with Crippen LogP contribution in [-0.2, 0) is 21.5 Å². The molecular formula is C20H20ClNO4. The summed E-state index contributed by atoms with van der Waals surface area (Å²) >= 11 is 5.95. The van der Waals surface area contributed by atoms with E-state index in [-0.39, 0.29) is 12.5 Å². The quantitative estimate of drug-likeness (QED) is 0.806. The fraction of sp³-hybridized carbons (Fsp3) is 0.300. The molecule has 1 fully saturated rings. The van der Waals surface area contributed by atoms with E-state index in [2.05, 4.69) is 0 Å². The van der Waals surface area contributed by atoms with E-state index in [4.69, 9.17) is 21.4 Å². The number of benzene rings is 2. The van der Waals surface area contributed by atoms with Gasteiger partial charge in [-0.1, -0.05) is 35.9 Å². The summed E-state index contributed by atoms with van der Waals surface area (Å²) in [6.45, 7) is 0.106. The molecule has 1 N–H and O–H groups in total. The minimum atomic E-state index is -1.02. The molecule has 136 valence electrons. The lowest BCUT2D eigenvalue weighted by Gasteiger charge is -2.24. The summed E-state index contributed by atoms with van der Waals surface area (Å²) in [4.78, 5) is 25.2. The number of likely N-dealkylation sites (N-methyl/N-ethyl adjacent to an activating group) is 1. The number of carbonyl (C=O) groups excluding carboxylic acids is 1. The summed E-state index contributed by atoms with van der Waals surface area (Å²) in [6, 6.07) is 14.6. The molecule has 1 amide bonds. The molecular weight excluding hydrogens is 354 g/mol. The molecule has 3 rings (SSSR count). The summed E-state index contributed by atoms with van der Waals surface area (Å²) in [5, 5.41) is 9.29. The predicted molar refractivity (Wildman–Crippen MR) is 98.4 cm³/mol. The molecule has 2 aromatic carbocycles. The van der Waals surface area contributed by atoms with Gasteiger partial charge in [-0.25, -0.2) is 4.79 Å². The monoisotopic (exact) mass is 373 g/mol. The number of halogens is 1. The molecule has 1 aliphatic rings. The number of carboxylic acids is 1.